The van der Waals surface area contributed by atoms with E-state index in [-0.39, 0.29) is 0 Å². The summed E-state index contributed by atoms with van der Waals surface area (Å²) in [5, 5.41) is 10.0. The maximum Gasteiger partial charge on any atom is 0.208 e. The van der Waals surface area contributed by atoms with Gasteiger partial charge in [0.25, 0.3) is 0 Å². The molecule has 0 saturated carbocycles. The first-order chi connectivity index (χ1) is 11.3. The van der Waals surface area contributed by atoms with Crippen LogP contribution >= 0.6 is 23.1 Å². The molecule has 0 aliphatic rings. The zero-order valence-corrected chi connectivity index (χ0v) is 14.3. The Morgan fingerprint density at radius 1 is 1.17 bits per heavy atom. The van der Waals surface area contributed by atoms with Crippen molar-refractivity contribution in [3.63, 3.8) is 0 Å². The number of thioether (sulfide) groups is 1. The fraction of sp³-hybridized carbons (Fsp3) is 0.250. The highest BCUT2D eigenvalue weighted by molar-refractivity contribution is 7.99. The van der Waals surface area contributed by atoms with Crippen LogP contribution in [0, 0.1) is 0 Å². The van der Waals surface area contributed by atoms with E-state index in [1.54, 1.807) is 30.2 Å². The van der Waals surface area contributed by atoms with Gasteiger partial charge in [0.1, 0.15) is 11.5 Å². The first kappa shape index (κ1) is 15.9. The molecule has 0 aliphatic carbocycles. The Labute approximate surface area is 143 Å². The average molecular weight is 347 g/mol. The van der Waals surface area contributed by atoms with Crippen LogP contribution in [0.1, 0.15) is 6.42 Å². The van der Waals surface area contributed by atoms with E-state index in [1.807, 2.05) is 41.8 Å². The molecule has 1 N–H and O–H groups in total. The number of ether oxygens (including phenoxy) is 2. The van der Waals surface area contributed by atoms with Gasteiger partial charge >= 0.3 is 0 Å². The lowest BCUT2D eigenvalue weighted by Gasteiger charge is -2.06. The zero-order valence-electron chi connectivity index (χ0n) is 12.7. The highest BCUT2D eigenvalue weighted by Gasteiger charge is 2.06. The average Bonchev–Trinajstić information content (AvgIpc) is 3.26. The predicted octanol–water partition coefficient (Wildman–Crippen LogP) is 4.10. The Bertz CT molecular complexity index is 711. The van der Waals surface area contributed by atoms with Crippen LogP contribution in [-0.2, 0) is 0 Å². The summed E-state index contributed by atoms with van der Waals surface area (Å²) in [7, 11) is 1.65. The molecular formula is C16H17N3O2S2. The van der Waals surface area contributed by atoms with Crippen LogP contribution in [0.4, 0.5) is 0 Å². The largest absolute Gasteiger partial charge is 0.497 e. The van der Waals surface area contributed by atoms with Crippen molar-refractivity contribution in [1.29, 1.82) is 0 Å². The van der Waals surface area contributed by atoms with Crippen LogP contribution in [0.5, 0.6) is 11.5 Å². The Morgan fingerprint density at radius 2 is 2.00 bits per heavy atom. The van der Waals surface area contributed by atoms with E-state index in [0.29, 0.717) is 6.61 Å². The summed E-state index contributed by atoms with van der Waals surface area (Å²) >= 11 is 3.28. The number of nitrogens with one attached hydrogen (secondary N) is 1. The Hall–Kier alpha value is -1.99. The molecule has 0 bridgehead atoms. The molecule has 1 aromatic carbocycles. The summed E-state index contributed by atoms with van der Waals surface area (Å²) < 4.78 is 10.8. The number of aromatic nitrogens is 3. The predicted molar refractivity (Wildman–Crippen MR) is 93.5 cm³/mol. The molecule has 0 atom stereocenters. The van der Waals surface area contributed by atoms with E-state index in [4.69, 9.17) is 9.47 Å². The van der Waals surface area contributed by atoms with Crippen LogP contribution in [0.2, 0.25) is 0 Å². The normalized spacial score (nSPS) is 10.7. The molecule has 120 valence electrons. The van der Waals surface area contributed by atoms with Gasteiger partial charge in [-0.05, 0) is 42.1 Å². The fourth-order valence-electron chi connectivity index (χ4n) is 1.92. The number of aromatic amines is 1. The molecule has 23 heavy (non-hydrogen) atoms. The topological polar surface area (TPSA) is 60.0 Å². The van der Waals surface area contributed by atoms with Crippen molar-refractivity contribution < 1.29 is 9.47 Å². The van der Waals surface area contributed by atoms with Crippen LogP contribution in [0.15, 0.2) is 46.9 Å². The molecule has 0 fully saturated rings. The van der Waals surface area contributed by atoms with Crippen molar-refractivity contribution in [2.45, 2.75) is 11.6 Å². The molecule has 7 heteroatoms. The van der Waals surface area contributed by atoms with E-state index in [9.17, 15) is 0 Å². The van der Waals surface area contributed by atoms with Gasteiger partial charge in [-0.2, -0.15) is 0 Å². The highest BCUT2D eigenvalue weighted by atomic mass is 32.2. The SMILES string of the molecule is COc1ccc(OCCCSc2n[nH]c(-c3cccs3)n2)cc1. The molecule has 5 nitrogen and oxygen atoms in total. The third kappa shape index (κ3) is 4.49. The minimum Gasteiger partial charge on any atom is -0.497 e. The quantitative estimate of drug-likeness (QED) is 0.491. The maximum atomic E-state index is 5.69. The van der Waals surface area contributed by atoms with Gasteiger partial charge in [0, 0.05) is 5.75 Å². The summed E-state index contributed by atoms with van der Waals surface area (Å²) in [6, 6.07) is 11.6. The number of hydrogen-bond acceptors (Lipinski definition) is 6. The van der Waals surface area contributed by atoms with E-state index in [1.165, 1.54) is 0 Å². The monoisotopic (exact) mass is 347 g/mol. The number of hydrogen-bond donors (Lipinski definition) is 1. The number of methoxy groups -OCH3 is 1. The third-order valence-corrected chi connectivity index (χ3v) is 4.88. The van der Waals surface area contributed by atoms with Gasteiger partial charge in [0.05, 0.1) is 18.6 Å². The molecule has 0 amide bonds. The minimum atomic E-state index is 0.668. The lowest BCUT2D eigenvalue weighted by atomic mass is 10.3. The number of H-pyrrole nitrogens is 1. The Morgan fingerprint density at radius 3 is 2.74 bits per heavy atom. The molecule has 3 aromatic rings. The van der Waals surface area contributed by atoms with E-state index >= 15 is 0 Å². The van der Waals surface area contributed by atoms with E-state index in [0.717, 1.165) is 39.5 Å². The minimum absolute atomic E-state index is 0.668. The van der Waals surface area contributed by atoms with Gasteiger partial charge in [-0.15, -0.1) is 16.4 Å². The lowest BCUT2D eigenvalue weighted by molar-refractivity contribution is 0.318. The van der Waals surface area contributed by atoms with Crippen molar-refractivity contribution in [3.8, 4) is 22.2 Å². The number of rotatable bonds is 8. The second-order valence-corrected chi connectivity index (χ2v) is 6.68. The highest BCUT2D eigenvalue weighted by Crippen LogP contribution is 2.23. The summed E-state index contributed by atoms with van der Waals surface area (Å²) in [5.41, 5.74) is 0. The summed E-state index contributed by atoms with van der Waals surface area (Å²) in [6.07, 6.45) is 0.930. The molecule has 0 unspecified atom stereocenters. The summed E-state index contributed by atoms with van der Waals surface area (Å²) in [6.45, 7) is 0.668. The second-order valence-electron chi connectivity index (χ2n) is 4.67. The zero-order chi connectivity index (χ0) is 15.9. The molecule has 0 spiro atoms. The second kappa shape index (κ2) is 8.03. The lowest BCUT2D eigenvalue weighted by Crippen LogP contribution is -1.98. The van der Waals surface area contributed by atoms with Crippen molar-refractivity contribution >= 4 is 23.1 Å². The van der Waals surface area contributed by atoms with E-state index < -0.39 is 0 Å². The molecule has 0 radical (unpaired) electrons. The molecule has 2 heterocycles. The first-order valence-electron chi connectivity index (χ1n) is 7.21. The molecule has 0 aliphatic heterocycles. The van der Waals surface area contributed by atoms with E-state index in [2.05, 4.69) is 15.2 Å². The van der Waals surface area contributed by atoms with Crippen molar-refractivity contribution in [2.24, 2.45) is 0 Å². The van der Waals surface area contributed by atoms with Crippen molar-refractivity contribution in [2.75, 3.05) is 19.5 Å². The maximum absolute atomic E-state index is 5.69. The molecular weight excluding hydrogens is 330 g/mol. The molecule has 0 saturated heterocycles. The van der Waals surface area contributed by atoms with Gasteiger partial charge in [-0.3, -0.25) is 5.10 Å². The van der Waals surface area contributed by atoms with Crippen molar-refractivity contribution in [3.05, 3.63) is 41.8 Å². The Balaban J connectivity index is 1.38. The smallest absolute Gasteiger partial charge is 0.208 e. The number of nitrogens with zero attached hydrogens (tertiary/aromatic N) is 2. The summed E-state index contributed by atoms with van der Waals surface area (Å²) in [4.78, 5) is 5.58. The fourth-order valence-corrected chi connectivity index (χ4v) is 3.29. The molecule has 3 rings (SSSR count). The van der Waals surface area contributed by atoms with Gasteiger partial charge in [-0.25, -0.2) is 4.98 Å². The van der Waals surface area contributed by atoms with Gasteiger partial charge in [0.2, 0.25) is 5.16 Å². The summed E-state index contributed by atoms with van der Waals surface area (Å²) in [5.74, 6) is 3.43. The van der Waals surface area contributed by atoms with Crippen LogP contribution < -0.4 is 9.47 Å². The first-order valence-corrected chi connectivity index (χ1v) is 9.07. The Kier molecular flexibility index (Phi) is 5.55. The third-order valence-electron chi connectivity index (χ3n) is 3.07. The number of thiophene rings is 1. The van der Waals surface area contributed by atoms with Crippen LogP contribution in [0.25, 0.3) is 10.7 Å². The van der Waals surface area contributed by atoms with Gasteiger partial charge < -0.3 is 9.47 Å². The van der Waals surface area contributed by atoms with Crippen LogP contribution in [-0.4, -0.2) is 34.7 Å². The van der Waals surface area contributed by atoms with Crippen molar-refractivity contribution in [1.82, 2.24) is 15.2 Å². The van der Waals surface area contributed by atoms with Gasteiger partial charge in [0.15, 0.2) is 5.82 Å². The number of benzene rings is 1. The van der Waals surface area contributed by atoms with Crippen LogP contribution in [0.3, 0.4) is 0 Å². The standard InChI is InChI=1S/C16H17N3O2S2/c1-20-12-5-7-13(8-6-12)21-9-3-11-23-16-17-15(18-19-16)14-4-2-10-22-14/h2,4-8,10H,3,9,11H2,1H3,(H,17,18,19). The van der Waals surface area contributed by atoms with Gasteiger partial charge in [-0.1, -0.05) is 17.8 Å². The molecule has 2 aromatic heterocycles.